The molecule has 2 aromatic rings. The zero-order chi connectivity index (χ0) is 20.2. The molecule has 0 radical (unpaired) electrons. The summed E-state index contributed by atoms with van der Waals surface area (Å²) in [6, 6.07) is 10.2. The van der Waals surface area contributed by atoms with Gasteiger partial charge in [0.15, 0.2) is 0 Å². The molecule has 2 fully saturated rings. The van der Waals surface area contributed by atoms with E-state index in [0.29, 0.717) is 32.7 Å². The molecule has 2 aliphatic rings. The van der Waals surface area contributed by atoms with Gasteiger partial charge in [0, 0.05) is 64.1 Å². The van der Waals surface area contributed by atoms with Gasteiger partial charge in [-0.3, -0.25) is 9.59 Å². The minimum atomic E-state index is -0.00546. The predicted octanol–water partition coefficient (Wildman–Crippen LogP) is 2.04. The number of piperazine rings is 1. The van der Waals surface area contributed by atoms with E-state index >= 15 is 0 Å². The van der Waals surface area contributed by atoms with E-state index in [-0.39, 0.29) is 17.7 Å². The van der Waals surface area contributed by atoms with Crippen LogP contribution in [0.5, 0.6) is 0 Å². The monoisotopic (exact) mass is 413 g/mol. The summed E-state index contributed by atoms with van der Waals surface area (Å²) in [6.07, 6.45) is 2.63. The van der Waals surface area contributed by atoms with Crippen molar-refractivity contribution in [3.8, 4) is 0 Å². The molecule has 8 heteroatoms. The zero-order valence-corrected chi connectivity index (χ0v) is 17.6. The van der Waals surface area contributed by atoms with E-state index in [1.807, 2.05) is 28.0 Å². The highest BCUT2D eigenvalue weighted by molar-refractivity contribution is 7.09. The molecule has 0 N–H and O–H groups in total. The number of rotatable bonds is 4. The van der Waals surface area contributed by atoms with Crippen LogP contribution in [0.25, 0.3) is 0 Å². The number of hydrogen-bond acceptors (Lipinski definition) is 6. The first-order chi connectivity index (χ1) is 14.1. The van der Waals surface area contributed by atoms with Gasteiger partial charge in [0.05, 0.1) is 5.92 Å². The van der Waals surface area contributed by atoms with Crippen LogP contribution in [-0.2, 0) is 16.0 Å². The maximum Gasteiger partial charge on any atom is 0.227 e. The maximum absolute atomic E-state index is 13.0. The molecule has 1 aromatic heterocycles. The molecule has 154 valence electrons. The van der Waals surface area contributed by atoms with Crippen LogP contribution < -0.4 is 4.90 Å². The number of carbonyl (C=O) groups excluding carboxylic acids is 2. The zero-order valence-electron chi connectivity index (χ0n) is 16.8. The number of benzene rings is 1. The largest absolute Gasteiger partial charge is 0.346 e. The number of aromatic nitrogens is 2. The lowest BCUT2D eigenvalue weighted by Crippen LogP contribution is -2.53. The number of nitrogens with zero attached hydrogens (tertiary/aromatic N) is 5. The third kappa shape index (κ3) is 4.75. The van der Waals surface area contributed by atoms with Gasteiger partial charge >= 0.3 is 0 Å². The van der Waals surface area contributed by atoms with E-state index in [0.717, 1.165) is 36.8 Å². The number of hydrogen-bond donors (Lipinski definition) is 0. The molecule has 7 nitrogen and oxygen atoms in total. The molecule has 2 amide bonds. The van der Waals surface area contributed by atoms with Crippen molar-refractivity contribution in [3.05, 3.63) is 41.7 Å². The van der Waals surface area contributed by atoms with Crippen LogP contribution >= 0.6 is 11.5 Å². The second kappa shape index (κ2) is 8.90. The highest BCUT2D eigenvalue weighted by Gasteiger charge is 2.32. The Labute approximate surface area is 175 Å². The fourth-order valence-electron chi connectivity index (χ4n) is 4.08. The predicted molar refractivity (Wildman–Crippen MR) is 113 cm³/mol. The van der Waals surface area contributed by atoms with Crippen molar-refractivity contribution < 1.29 is 9.59 Å². The summed E-state index contributed by atoms with van der Waals surface area (Å²) in [7, 11) is 0. The van der Waals surface area contributed by atoms with Gasteiger partial charge in [0.2, 0.25) is 16.9 Å². The minimum absolute atomic E-state index is 0.00546. The molecule has 0 bridgehead atoms. The third-order valence-electron chi connectivity index (χ3n) is 5.74. The standard InChI is InChI=1S/C21H27N5O2S/c1-16(27)24-10-12-25(13-11-24)20(28)18-8-5-9-26(15-18)21-22-19(23-29-21)14-17-6-3-2-4-7-17/h2-4,6-7,18H,5,8-15H2,1H3/t18-/m0/s1. The summed E-state index contributed by atoms with van der Waals surface area (Å²) in [6.45, 7) is 5.75. The average molecular weight is 414 g/mol. The number of anilines is 1. The van der Waals surface area contributed by atoms with Crippen molar-refractivity contribution in [2.45, 2.75) is 26.2 Å². The lowest BCUT2D eigenvalue weighted by atomic mass is 9.96. The third-order valence-corrected chi connectivity index (χ3v) is 6.56. The van der Waals surface area contributed by atoms with Gasteiger partial charge in [-0.1, -0.05) is 30.3 Å². The Morgan fingerprint density at radius 2 is 1.79 bits per heavy atom. The van der Waals surface area contributed by atoms with Crippen molar-refractivity contribution in [2.24, 2.45) is 5.92 Å². The molecule has 0 aliphatic carbocycles. The molecule has 29 heavy (non-hydrogen) atoms. The van der Waals surface area contributed by atoms with Gasteiger partial charge in [-0.2, -0.15) is 4.37 Å². The highest BCUT2D eigenvalue weighted by Crippen LogP contribution is 2.26. The number of carbonyl (C=O) groups is 2. The summed E-state index contributed by atoms with van der Waals surface area (Å²) in [4.78, 5) is 35.2. The van der Waals surface area contributed by atoms with Gasteiger partial charge < -0.3 is 14.7 Å². The van der Waals surface area contributed by atoms with E-state index in [4.69, 9.17) is 4.98 Å². The Hall–Kier alpha value is -2.48. The normalized spacial score (nSPS) is 20.0. The second-order valence-electron chi connectivity index (χ2n) is 7.77. The molecule has 1 aromatic carbocycles. The minimum Gasteiger partial charge on any atom is -0.346 e. The molecule has 4 rings (SSSR count). The van der Waals surface area contributed by atoms with Crippen molar-refractivity contribution in [1.29, 1.82) is 0 Å². The molecule has 2 saturated heterocycles. The summed E-state index contributed by atoms with van der Waals surface area (Å²) < 4.78 is 4.53. The van der Waals surface area contributed by atoms with Gasteiger partial charge in [-0.05, 0) is 18.4 Å². The molecular formula is C21H27N5O2S. The molecule has 3 heterocycles. The van der Waals surface area contributed by atoms with E-state index in [2.05, 4.69) is 21.4 Å². The molecule has 0 spiro atoms. The quantitative estimate of drug-likeness (QED) is 0.767. The van der Waals surface area contributed by atoms with Crippen LogP contribution in [-0.4, -0.2) is 70.2 Å². The van der Waals surface area contributed by atoms with E-state index in [1.165, 1.54) is 17.1 Å². The number of piperidine rings is 1. The lowest BCUT2D eigenvalue weighted by Gasteiger charge is -2.38. The first-order valence-corrected chi connectivity index (χ1v) is 11.0. The Balaban J connectivity index is 1.35. The smallest absolute Gasteiger partial charge is 0.227 e. The van der Waals surface area contributed by atoms with Crippen LogP contribution in [0.2, 0.25) is 0 Å². The molecule has 0 saturated carbocycles. The number of amides is 2. The van der Waals surface area contributed by atoms with Crippen LogP contribution in [0.3, 0.4) is 0 Å². The lowest BCUT2D eigenvalue weighted by molar-refractivity contribution is -0.141. The molecule has 0 unspecified atom stereocenters. The fourth-order valence-corrected chi connectivity index (χ4v) is 4.80. The topological polar surface area (TPSA) is 69.6 Å². The van der Waals surface area contributed by atoms with Crippen LogP contribution in [0.15, 0.2) is 30.3 Å². The summed E-state index contributed by atoms with van der Waals surface area (Å²) in [5.74, 6) is 1.13. The average Bonchev–Trinajstić information content (AvgIpc) is 3.22. The van der Waals surface area contributed by atoms with Crippen LogP contribution in [0.1, 0.15) is 31.2 Å². The summed E-state index contributed by atoms with van der Waals surface area (Å²) in [5, 5.41) is 0.912. The molecule has 2 aliphatic heterocycles. The van der Waals surface area contributed by atoms with Gasteiger partial charge in [-0.25, -0.2) is 4.98 Å². The summed E-state index contributed by atoms with van der Waals surface area (Å²) >= 11 is 1.42. The van der Waals surface area contributed by atoms with Crippen LogP contribution in [0.4, 0.5) is 5.13 Å². The maximum atomic E-state index is 13.0. The second-order valence-corrected chi connectivity index (χ2v) is 8.50. The molecule has 1 atom stereocenters. The Morgan fingerprint density at radius 3 is 2.52 bits per heavy atom. The SMILES string of the molecule is CC(=O)N1CCN(C(=O)[C@H]2CCCN(c3nc(Cc4ccccc4)ns3)C2)CC1. The van der Waals surface area contributed by atoms with Crippen LogP contribution in [0, 0.1) is 5.92 Å². The van der Waals surface area contributed by atoms with Gasteiger partial charge in [-0.15, -0.1) is 0 Å². The van der Waals surface area contributed by atoms with E-state index in [1.54, 1.807) is 6.92 Å². The van der Waals surface area contributed by atoms with Crippen molar-refractivity contribution in [2.75, 3.05) is 44.2 Å². The Kier molecular flexibility index (Phi) is 6.08. The van der Waals surface area contributed by atoms with Crippen molar-refractivity contribution in [3.63, 3.8) is 0 Å². The molecular weight excluding hydrogens is 386 g/mol. The van der Waals surface area contributed by atoms with Crippen molar-refractivity contribution >= 4 is 28.5 Å². The first-order valence-electron chi connectivity index (χ1n) is 10.3. The fraction of sp³-hybridized carbons (Fsp3) is 0.524. The Bertz CT molecular complexity index is 848. The van der Waals surface area contributed by atoms with Gasteiger partial charge in [0.25, 0.3) is 0 Å². The highest BCUT2D eigenvalue weighted by atomic mass is 32.1. The van der Waals surface area contributed by atoms with Crippen molar-refractivity contribution in [1.82, 2.24) is 19.2 Å². The first kappa shape index (κ1) is 19.8. The van der Waals surface area contributed by atoms with Gasteiger partial charge in [0.1, 0.15) is 5.82 Å². The van der Waals surface area contributed by atoms with E-state index < -0.39 is 0 Å². The van der Waals surface area contributed by atoms with E-state index in [9.17, 15) is 9.59 Å². The summed E-state index contributed by atoms with van der Waals surface area (Å²) in [5.41, 5.74) is 1.20. The Morgan fingerprint density at radius 1 is 1.07 bits per heavy atom.